The summed E-state index contributed by atoms with van der Waals surface area (Å²) in [6, 6.07) is 6.13. The van der Waals surface area contributed by atoms with Crippen molar-refractivity contribution in [2.45, 2.75) is 6.42 Å². The summed E-state index contributed by atoms with van der Waals surface area (Å²) >= 11 is 0. The van der Waals surface area contributed by atoms with Crippen LogP contribution >= 0.6 is 0 Å². The molecule has 0 aliphatic rings. The van der Waals surface area contributed by atoms with E-state index < -0.39 is 4.92 Å². The fourth-order valence-corrected chi connectivity index (χ4v) is 1.27. The van der Waals surface area contributed by atoms with Crippen LogP contribution in [0.5, 0.6) is 5.75 Å². The molecule has 0 aromatic heterocycles. The van der Waals surface area contributed by atoms with Crippen LogP contribution in [0.3, 0.4) is 0 Å². The van der Waals surface area contributed by atoms with Crippen LogP contribution in [0.4, 0.5) is 5.69 Å². The van der Waals surface area contributed by atoms with Crippen molar-refractivity contribution in [2.75, 3.05) is 7.11 Å². The average Bonchev–Trinajstić information content (AvgIpc) is 2.28. The second kappa shape index (κ2) is 4.76. The molecule has 80 valence electrons. The third-order valence-corrected chi connectivity index (χ3v) is 1.99. The zero-order valence-electron chi connectivity index (χ0n) is 8.43. The lowest BCUT2D eigenvalue weighted by Gasteiger charge is -2.04. The van der Waals surface area contributed by atoms with Crippen molar-refractivity contribution >= 4 is 5.69 Å². The topological polar surface area (TPSA) is 99.9 Å². The molecule has 0 saturated carbocycles. The zero-order valence-corrected chi connectivity index (χ0v) is 8.43. The van der Waals surface area contributed by atoms with Gasteiger partial charge in [-0.15, -0.1) is 0 Å². The van der Waals surface area contributed by atoms with Crippen molar-refractivity contribution in [3.05, 3.63) is 33.4 Å². The first-order valence-electron chi connectivity index (χ1n) is 4.26. The predicted octanol–water partition coefficient (Wildman–Crippen LogP) is 1.54. The molecule has 1 aromatic carbocycles. The number of nitro groups is 1. The van der Waals surface area contributed by atoms with E-state index in [4.69, 9.17) is 15.3 Å². The number of nitro benzene ring substituents is 1. The molecule has 0 unspecified atom stereocenters. The van der Waals surface area contributed by atoms with E-state index in [1.165, 1.54) is 13.2 Å². The van der Waals surface area contributed by atoms with Gasteiger partial charge >= 0.3 is 0 Å². The summed E-state index contributed by atoms with van der Waals surface area (Å²) in [4.78, 5) is 10.1. The van der Waals surface area contributed by atoms with E-state index in [0.29, 0.717) is 0 Å². The Hall–Kier alpha value is -2.60. The first-order valence-corrected chi connectivity index (χ1v) is 4.26. The largest absolute Gasteiger partial charge is 0.495 e. The fourth-order valence-electron chi connectivity index (χ4n) is 1.27. The predicted molar refractivity (Wildman–Crippen MR) is 53.7 cm³/mol. The Kier molecular flexibility index (Phi) is 3.41. The first kappa shape index (κ1) is 11.5. The second-order valence-electron chi connectivity index (χ2n) is 2.89. The minimum atomic E-state index is -0.601. The van der Waals surface area contributed by atoms with E-state index in [1.54, 1.807) is 0 Å². The molecule has 6 heteroatoms. The Morgan fingerprint density at radius 1 is 1.50 bits per heavy atom. The standard InChI is InChI=1S/C10H7N3O3/c1-16-10-5-9(13(14)15)7(2-3-11)4-8(10)6-12/h4-5H,2H2,1H3. The lowest BCUT2D eigenvalue weighted by atomic mass is 10.1. The van der Waals surface area contributed by atoms with Gasteiger partial charge in [0.05, 0.1) is 36.2 Å². The Bertz CT molecular complexity index is 511. The van der Waals surface area contributed by atoms with Crippen LogP contribution in [0.15, 0.2) is 12.1 Å². The maximum Gasteiger partial charge on any atom is 0.277 e. The highest BCUT2D eigenvalue weighted by molar-refractivity contribution is 5.55. The van der Waals surface area contributed by atoms with Crippen molar-refractivity contribution in [2.24, 2.45) is 0 Å². The van der Waals surface area contributed by atoms with Gasteiger partial charge in [0.15, 0.2) is 0 Å². The minimum Gasteiger partial charge on any atom is -0.495 e. The SMILES string of the molecule is COc1cc([N+](=O)[O-])c(CC#N)cc1C#N. The molecule has 1 rings (SSSR count). The molecule has 16 heavy (non-hydrogen) atoms. The molecule has 0 N–H and O–H groups in total. The number of ether oxygens (including phenoxy) is 1. The Balaban J connectivity index is 3.44. The number of benzene rings is 1. The molecule has 0 aliphatic heterocycles. The number of nitrogens with zero attached hydrogens (tertiary/aromatic N) is 3. The highest BCUT2D eigenvalue weighted by Gasteiger charge is 2.18. The third kappa shape index (κ3) is 2.07. The van der Waals surface area contributed by atoms with Gasteiger partial charge < -0.3 is 4.74 Å². The van der Waals surface area contributed by atoms with Gasteiger partial charge in [-0.2, -0.15) is 10.5 Å². The highest BCUT2D eigenvalue weighted by atomic mass is 16.6. The first-order chi connectivity index (χ1) is 7.63. The van der Waals surface area contributed by atoms with E-state index in [2.05, 4.69) is 0 Å². The van der Waals surface area contributed by atoms with Crippen LogP contribution in [-0.2, 0) is 6.42 Å². The van der Waals surface area contributed by atoms with Gasteiger partial charge in [-0.05, 0) is 6.07 Å². The maximum absolute atomic E-state index is 10.7. The van der Waals surface area contributed by atoms with Crippen LogP contribution in [0.25, 0.3) is 0 Å². The highest BCUT2D eigenvalue weighted by Crippen LogP contribution is 2.28. The fraction of sp³-hybridized carbons (Fsp3) is 0.200. The summed E-state index contributed by atoms with van der Waals surface area (Å²) in [5.74, 6) is 0.135. The van der Waals surface area contributed by atoms with Crippen LogP contribution < -0.4 is 4.74 Å². The molecular weight excluding hydrogens is 210 g/mol. The molecule has 0 bridgehead atoms. The number of rotatable bonds is 3. The number of hydrogen-bond donors (Lipinski definition) is 0. The van der Waals surface area contributed by atoms with Crippen molar-refractivity contribution in [3.8, 4) is 17.9 Å². The van der Waals surface area contributed by atoms with Gasteiger partial charge in [0.1, 0.15) is 11.8 Å². The summed E-state index contributed by atoms with van der Waals surface area (Å²) in [7, 11) is 1.32. The normalized spacial score (nSPS) is 8.94. The molecule has 0 atom stereocenters. The van der Waals surface area contributed by atoms with Crippen molar-refractivity contribution < 1.29 is 9.66 Å². The molecule has 0 heterocycles. The average molecular weight is 217 g/mol. The molecule has 0 amide bonds. The lowest BCUT2D eigenvalue weighted by Crippen LogP contribution is -1.98. The molecule has 0 spiro atoms. The zero-order chi connectivity index (χ0) is 12.1. The van der Waals surface area contributed by atoms with Crippen LogP contribution in [0.2, 0.25) is 0 Å². The summed E-state index contributed by atoms with van der Waals surface area (Å²) in [6.07, 6.45) is -0.116. The molecule has 0 radical (unpaired) electrons. The van der Waals surface area contributed by atoms with E-state index in [-0.39, 0.29) is 29.0 Å². The van der Waals surface area contributed by atoms with Crippen molar-refractivity contribution in [1.29, 1.82) is 10.5 Å². The van der Waals surface area contributed by atoms with Gasteiger partial charge in [-0.1, -0.05) is 0 Å². The van der Waals surface area contributed by atoms with E-state index in [9.17, 15) is 10.1 Å². The van der Waals surface area contributed by atoms with Gasteiger partial charge in [0.2, 0.25) is 0 Å². The van der Waals surface area contributed by atoms with Gasteiger partial charge in [-0.25, -0.2) is 0 Å². The van der Waals surface area contributed by atoms with Crippen LogP contribution in [0, 0.1) is 32.8 Å². The van der Waals surface area contributed by atoms with E-state index in [0.717, 1.165) is 6.07 Å². The number of nitriles is 2. The third-order valence-electron chi connectivity index (χ3n) is 1.99. The summed E-state index contributed by atoms with van der Waals surface area (Å²) in [5, 5.41) is 28.0. The van der Waals surface area contributed by atoms with Gasteiger partial charge in [0, 0.05) is 5.56 Å². The minimum absolute atomic E-state index is 0.116. The Labute approximate surface area is 91.4 Å². The number of methoxy groups -OCH3 is 1. The monoisotopic (exact) mass is 217 g/mol. The quantitative estimate of drug-likeness (QED) is 0.564. The molecule has 1 aromatic rings. The van der Waals surface area contributed by atoms with Crippen LogP contribution in [0.1, 0.15) is 11.1 Å². The van der Waals surface area contributed by atoms with E-state index in [1.807, 2.05) is 12.1 Å². The summed E-state index contributed by atoms with van der Waals surface area (Å²) in [5.41, 5.74) is 0.181. The number of hydrogen-bond acceptors (Lipinski definition) is 5. The van der Waals surface area contributed by atoms with E-state index >= 15 is 0 Å². The smallest absolute Gasteiger partial charge is 0.277 e. The molecule has 6 nitrogen and oxygen atoms in total. The summed E-state index contributed by atoms with van der Waals surface area (Å²) < 4.78 is 4.85. The lowest BCUT2D eigenvalue weighted by molar-refractivity contribution is -0.385. The van der Waals surface area contributed by atoms with Crippen molar-refractivity contribution in [1.82, 2.24) is 0 Å². The Morgan fingerprint density at radius 3 is 2.62 bits per heavy atom. The molecule has 0 aliphatic carbocycles. The summed E-state index contributed by atoms with van der Waals surface area (Å²) in [6.45, 7) is 0. The maximum atomic E-state index is 10.7. The van der Waals surface area contributed by atoms with Gasteiger partial charge in [-0.3, -0.25) is 10.1 Å². The molecule has 0 fully saturated rings. The van der Waals surface area contributed by atoms with Gasteiger partial charge in [0.25, 0.3) is 5.69 Å². The Morgan fingerprint density at radius 2 is 2.19 bits per heavy atom. The molecule has 0 saturated heterocycles. The van der Waals surface area contributed by atoms with Crippen LogP contribution in [-0.4, -0.2) is 12.0 Å². The second-order valence-corrected chi connectivity index (χ2v) is 2.89. The molecular formula is C10H7N3O3. The van der Waals surface area contributed by atoms with Crippen molar-refractivity contribution in [3.63, 3.8) is 0 Å².